The average molecular weight is 265 g/mol. The molecule has 0 saturated heterocycles. The first-order valence-corrected chi connectivity index (χ1v) is 5.82. The number of halogens is 1. The molecule has 18 heavy (non-hydrogen) atoms. The Labute approximate surface area is 110 Å². The van der Waals surface area contributed by atoms with Crippen LogP contribution >= 0.6 is 11.6 Å². The van der Waals surface area contributed by atoms with Gasteiger partial charge >= 0.3 is 0 Å². The molecule has 2 aromatic rings. The Balaban J connectivity index is 2.24. The van der Waals surface area contributed by atoms with E-state index in [2.05, 4.69) is 20.5 Å². The summed E-state index contributed by atoms with van der Waals surface area (Å²) < 4.78 is 0. The molecular weight excluding hydrogens is 252 g/mol. The van der Waals surface area contributed by atoms with Gasteiger partial charge in [-0.1, -0.05) is 11.6 Å². The first kappa shape index (κ1) is 12.6. The van der Waals surface area contributed by atoms with Crippen molar-refractivity contribution in [3.63, 3.8) is 0 Å². The van der Waals surface area contributed by atoms with Crippen molar-refractivity contribution in [3.8, 4) is 0 Å². The molecule has 2 aromatic heterocycles. The van der Waals surface area contributed by atoms with Crippen LogP contribution in [0.2, 0.25) is 5.15 Å². The molecule has 0 radical (unpaired) electrons. The van der Waals surface area contributed by atoms with Gasteiger partial charge in [0.2, 0.25) is 0 Å². The Kier molecular flexibility index (Phi) is 3.34. The molecular formula is C12H13ClN4O. The SMILES string of the molecule is Cc1cc(NC(=O)c2c(C)n[nH]c2C)cnc1Cl. The molecule has 2 rings (SSSR count). The number of rotatable bonds is 2. The Morgan fingerprint density at radius 1 is 1.39 bits per heavy atom. The number of carbonyl (C=O) groups excluding carboxylic acids is 1. The summed E-state index contributed by atoms with van der Waals surface area (Å²) in [6, 6.07) is 1.78. The van der Waals surface area contributed by atoms with Crippen LogP contribution in [0.1, 0.15) is 27.3 Å². The highest BCUT2D eigenvalue weighted by Crippen LogP contribution is 2.18. The molecule has 6 heteroatoms. The van der Waals surface area contributed by atoms with E-state index in [1.165, 1.54) is 6.20 Å². The largest absolute Gasteiger partial charge is 0.320 e. The number of anilines is 1. The molecule has 0 saturated carbocycles. The van der Waals surface area contributed by atoms with Crippen molar-refractivity contribution in [1.82, 2.24) is 15.2 Å². The lowest BCUT2D eigenvalue weighted by Crippen LogP contribution is -2.14. The lowest BCUT2D eigenvalue weighted by Gasteiger charge is -2.06. The number of hydrogen-bond acceptors (Lipinski definition) is 3. The Morgan fingerprint density at radius 3 is 2.67 bits per heavy atom. The van der Waals surface area contributed by atoms with Gasteiger partial charge in [0.1, 0.15) is 5.15 Å². The van der Waals surface area contributed by atoms with E-state index in [1.807, 2.05) is 6.92 Å². The molecule has 1 amide bonds. The van der Waals surface area contributed by atoms with Crippen molar-refractivity contribution in [3.05, 3.63) is 39.9 Å². The number of nitrogens with one attached hydrogen (secondary N) is 2. The van der Waals surface area contributed by atoms with Crippen LogP contribution in [-0.4, -0.2) is 21.1 Å². The van der Waals surface area contributed by atoms with Crippen LogP contribution in [0.15, 0.2) is 12.3 Å². The van der Waals surface area contributed by atoms with Crippen molar-refractivity contribution in [2.75, 3.05) is 5.32 Å². The zero-order chi connectivity index (χ0) is 13.3. The molecule has 5 nitrogen and oxygen atoms in total. The van der Waals surface area contributed by atoms with Gasteiger partial charge in [0, 0.05) is 5.69 Å². The molecule has 0 unspecified atom stereocenters. The summed E-state index contributed by atoms with van der Waals surface area (Å²) >= 11 is 5.83. The van der Waals surface area contributed by atoms with E-state index in [0.717, 1.165) is 11.3 Å². The predicted octanol–water partition coefficient (Wildman–Crippen LogP) is 2.64. The molecule has 0 aromatic carbocycles. The van der Waals surface area contributed by atoms with Gasteiger partial charge in [-0.15, -0.1) is 0 Å². The summed E-state index contributed by atoms with van der Waals surface area (Å²) in [5, 5.41) is 9.97. The fourth-order valence-electron chi connectivity index (χ4n) is 1.71. The van der Waals surface area contributed by atoms with Crippen molar-refractivity contribution >= 4 is 23.2 Å². The van der Waals surface area contributed by atoms with E-state index < -0.39 is 0 Å². The molecule has 94 valence electrons. The third-order valence-corrected chi connectivity index (χ3v) is 3.02. The molecule has 0 fully saturated rings. The van der Waals surface area contributed by atoms with Gasteiger partial charge in [0.25, 0.3) is 5.91 Å². The Bertz CT molecular complexity index is 587. The Morgan fingerprint density at radius 2 is 2.11 bits per heavy atom. The van der Waals surface area contributed by atoms with E-state index in [1.54, 1.807) is 19.9 Å². The molecule has 2 N–H and O–H groups in total. The van der Waals surface area contributed by atoms with Gasteiger partial charge in [0.15, 0.2) is 0 Å². The highest BCUT2D eigenvalue weighted by Gasteiger charge is 2.15. The highest BCUT2D eigenvalue weighted by atomic mass is 35.5. The average Bonchev–Trinajstić information content (AvgIpc) is 2.64. The number of pyridine rings is 1. The maximum atomic E-state index is 12.1. The normalized spacial score (nSPS) is 10.4. The van der Waals surface area contributed by atoms with E-state index in [0.29, 0.717) is 22.1 Å². The van der Waals surface area contributed by atoms with E-state index >= 15 is 0 Å². The quantitative estimate of drug-likeness (QED) is 0.819. The monoisotopic (exact) mass is 264 g/mol. The molecule has 0 atom stereocenters. The van der Waals surface area contributed by atoms with Crippen LogP contribution in [-0.2, 0) is 0 Å². The second-order valence-electron chi connectivity index (χ2n) is 4.09. The van der Waals surface area contributed by atoms with E-state index in [-0.39, 0.29) is 5.91 Å². The molecule has 0 aliphatic carbocycles. The maximum Gasteiger partial charge on any atom is 0.259 e. The van der Waals surface area contributed by atoms with Gasteiger partial charge in [-0.2, -0.15) is 5.10 Å². The third kappa shape index (κ3) is 2.36. The summed E-state index contributed by atoms with van der Waals surface area (Å²) in [6.07, 6.45) is 1.53. The van der Waals surface area contributed by atoms with Gasteiger partial charge in [-0.3, -0.25) is 9.89 Å². The van der Waals surface area contributed by atoms with E-state index in [4.69, 9.17) is 11.6 Å². The topological polar surface area (TPSA) is 70.7 Å². The van der Waals surface area contributed by atoms with Crippen LogP contribution in [0.25, 0.3) is 0 Å². The number of aromatic amines is 1. The lowest BCUT2D eigenvalue weighted by atomic mass is 10.2. The van der Waals surface area contributed by atoms with Crippen molar-refractivity contribution in [2.24, 2.45) is 0 Å². The zero-order valence-corrected chi connectivity index (χ0v) is 11.1. The fraction of sp³-hybridized carbons (Fsp3) is 0.250. The van der Waals surface area contributed by atoms with Gasteiger partial charge in [0.05, 0.1) is 23.1 Å². The minimum atomic E-state index is -0.206. The molecule has 0 aliphatic heterocycles. The minimum absolute atomic E-state index is 0.206. The third-order valence-electron chi connectivity index (χ3n) is 2.63. The minimum Gasteiger partial charge on any atom is -0.320 e. The first-order valence-electron chi connectivity index (χ1n) is 5.44. The molecule has 0 aliphatic rings. The number of nitrogens with zero attached hydrogens (tertiary/aromatic N) is 2. The van der Waals surface area contributed by atoms with Gasteiger partial charge < -0.3 is 5.32 Å². The second-order valence-corrected chi connectivity index (χ2v) is 4.45. The van der Waals surface area contributed by atoms with Crippen molar-refractivity contribution in [2.45, 2.75) is 20.8 Å². The summed E-state index contributed by atoms with van der Waals surface area (Å²) in [5.41, 5.74) is 3.40. The summed E-state index contributed by atoms with van der Waals surface area (Å²) in [4.78, 5) is 16.1. The van der Waals surface area contributed by atoms with Crippen LogP contribution in [0.4, 0.5) is 5.69 Å². The van der Waals surface area contributed by atoms with Crippen molar-refractivity contribution in [1.29, 1.82) is 0 Å². The van der Waals surface area contributed by atoms with Crippen LogP contribution in [0.5, 0.6) is 0 Å². The van der Waals surface area contributed by atoms with Crippen molar-refractivity contribution < 1.29 is 4.79 Å². The molecule has 0 spiro atoms. The summed E-state index contributed by atoms with van der Waals surface area (Å²) in [7, 11) is 0. The molecule has 2 heterocycles. The fourth-order valence-corrected chi connectivity index (χ4v) is 1.81. The Hall–Kier alpha value is -1.88. The highest BCUT2D eigenvalue weighted by molar-refractivity contribution is 6.30. The standard InChI is InChI=1S/C12H13ClN4O/c1-6-4-9(5-14-11(6)13)15-12(18)10-7(2)16-17-8(10)3/h4-5H,1-3H3,(H,15,18)(H,16,17). The molecule has 0 bridgehead atoms. The zero-order valence-electron chi connectivity index (χ0n) is 10.3. The number of hydrogen-bond donors (Lipinski definition) is 2. The van der Waals surface area contributed by atoms with Crippen LogP contribution in [0, 0.1) is 20.8 Å². The van der Waals surface area contributed by atoms with Crippen LogP contribution in [0.3, 0.4) is 0 Å². The van der Waals surface area contributed by atoms with Gasteiger partial charge in [-0.05, 0) is 32.4 Å². The number of aromatic nitrogens is 3. The smallest absolute Gasteiger partial charge is 0.259 e. The van der Waals surface area contributed by atoms with Gasteiger partial charge in [-0.25, -0.2) is 4.98 Å². The van der Waals surface area contributed by atoms with Crippen LogP contribution < -0.4 is 5.32 Å². The predicted molar refractivity (Wildman–Crippen MR) is 70.0 cm³/mol. The lowest BCUT2D eigenvalue weighted by molar-refractivity contribution is 0.102. The number of amides is 1. The first-order chi connectivity index (χ1) is 8.49. The number of carbonyl (C=O) groups is 1. The van der Waals surface area contributed by atoms with E-state index in [9.17, 15) is 4.79 Å². The number of H-pyrrole nitrogens is 1. The maximum absolute atomic E-state index is 12.1. The second kappa shape index (κ2) is 4.78. The number of aryl methyl sites for hydroxylation is 3. The summed E-state index contributed by atoms with van der Waals surface area (Å²) in [5.74, 6) is -0.206. The summed E-state index contributed by atoms with van der Waals surface area (Å²) in [6.45, 7) is 5.42.